The normalized spacial score (nSPS) is 11.6. The van der Waals surface area contributed by atoms with Crippen LogP contribution in [-0.4, -0.2) is 28.7 Å². The van der Waals surface area contributed by atoms with Gasteiger partial charge in [0.2, 0.25) is 0 Å². The third kappa shape index (κ3) is 3.47. The highest BCUT2D eigenvalue weighted by atomic mass is 15.1. The predicted molar refractivity (Wildman–Crippen MR) is 160 cm³/mol. The Morgan fingerprint density at radius 1 is 0.525 bits per heavy atom. The van der Waals surface area contributed by atoms with Gasteiger partial charge in [-0.1, -0.05) is 54.6 Å². The highest BCUT2D eigenvalue weighted by Crippen LogP contribution is 2.34. The Morgan fingerprint density at radius 2 is 1.05 bits per heavy atom. The van der Waals surface area contributed by atoms with E-state index in [-0.39, 0.29) is 0 Å². The number of imidazole rings is 3. The van der Waals surface area contributed by atoms with Crippen LogP contribution >= 0.6 is 0 Å². The van der Waals surface area contributed by atoms with E-state index in [2.05, 4.69) is 116 Å². The van der Waals surface area contributed by atoms with Crippen LogP contribution < -0.4 is 0 Å². The number of rotatable bonds is 4. The highest BCUT2D eigenvalue weighted by molar-refractivity contribution is 5.85. The van der Waals surface area contributed by atoms with Crippen LogP contribution in [0, 0.1) is 6.92 Å². The Bertz CT molecular complexity index is 2100. The molecule has 3 aromatic heterocycles. The number of benzene rings is 5. The molecule has 0 N–H and O–H groups in total. The minimum Gasteiger partial charge on any atom is -0.299 e. The van der Waals surface area contributed by atoms with E-state index in [1.165, 1.54) is 0 Å². The first-order valence-corrected chi connectivity index (χ1v) is 13.3. The van der Waals surface area contributed by atoms with Gasteiger partial charge in [0.1, 0.15) is 18.5 Å². The average Bonchev–Trinajstić information content (AvgIpc) is 3.71. The van der Waals surface area contributed by atoms with Crippen LogP contribution in [0.3, 0.4) is 0 Å². The number of para-hydroxylation sites is 7. The Morgan fingerprint density at radius 3 is 1.70 bits per heavy atom. The maximum Gasteiger partial charge on any atom is 0.111 e. The first-order valence-electron chi connectivity index (χ1n) is 13.3. The number of hydrogen-bond acceptors (Lipinski definition) is 3. The number of aromatic nitrogens is 6. The summed E-state index contributed by atoms with van der Waals surface area (Å²) in [5.74, 6) is 0.950. The van der Waals surface area contributed by atoms with Crippen molar-refractivity contribution < 1.29 is 0 Å². The Balaban J connectivity index is 1.41. The smallest absolute Gasteiger partial charge is 0.111 e. The Kier molecular flexibility index (Phi) is 4.94. The van der Waals surface area contributed by atoms with Crippen molar-refractivity contribution in [2.45, 2.75) is 6.92 Å². The second-order valence-electron chi connectivity index (χ2n) is 9.94. The van der Waals surface area contributed by atoms with E-state index in [0.717, 1.165) is 67.1 Å². The molecule has 8 aromatic rings. The fraction of sp³-hybridized carbons (Fsp3) is 0.0294. The summed E-state index contributed by atoms with van der Waals surface area (Å²) in [5, 5.41) is 0. The summed E-state index contributed by atoms with van der Waals surface area (Å²) < 4.78 is 6.56. The monoisotopic (exact) mass is 516 g/mol. The molecule has 0 saturated heterocycles. The van der Waals surface area contributed by atoms with Gasteiger partial charge in [0.25, 0.3) is 0 Å². The van der Waals surface area contributed by atoms with Gasteiger partial charge in [0.05, 0.1) is 38.8 Å². The van der Waals surface area contributed by atoms with Gasteiger partial charge >= 0.3 is 0 Å². The zero-order valence-electron chi connectivity index (χ0n) is 21.8. The maximum absolute atomic E-state index is 4.85. The Labute approximate surface area is 230 Å². The molecule has 6 heteroatoms. The van der Waals surface area contributed by atoms with Crippen LogP contribution in [-0.2, 0) is 0 Å². The zero-order valence-corrected chi connectivity index (χ0v) is 21.8. The van der Waals surface area contributed by atoms with Crippen molar-refractivity contribution in [1.29, 1.82) is 0 Å². The standard InChI is InChI=1S/C34H24N6/c1-23-37-30-13-5-9-17-34(30)40(23)31-14-6-2-10-27(31)24-18-25(38-21-35-28-11-3-7-15-32(28)38)20-26(19-24)39-22-36-29-12-4-8-16-33(29)39/h2-22H,1H3. The second-order valence-corrected chi connectivity index (χ2v) is 9.94. The van der Waals surface area contributed by atoms with Gasteiger partial charge in [0.15, 0.2) is 0 Å². The lowest BCUT2D eigenvalue weighted by Gasteiger charge is -2.17. The quantitative estimate of drug-likeness (QED) is 0.241. The number of nitrogens with zero attached hydrogens (tertiary/aromatic N) is 6. The third-order valence-corrected chi connectivity index (χ3v) is 7.55. The molecule has 0 bridgehead atoms. The minimum atomic E-state index is 0.950. The molecular weight excluding hydrogens is 492 g/mol. The van der Waals surface area contributed by atoms with Gasteiger partial charge in [-0.2, -0.15) is 0 Å². The van der Waals surface area contributed by atoms with Gasteiger partial charge in [-0.25, -0.2) is 15.0 Å². The van der Waals surface area contributed by atoms with Gasteiger partial charge < -0.3 is 0 Å². The van der Waals surface area contributed by atoms with Gasteiger partial charge in [-0.05, 0) is 73.2 Å². The molecule has 0 aliphatic heterocycles. The van der Waals surface area contributed by atoms with E-state index in [0.29, 0.717) is 0 Å². The summed E-state index contributed by atoms with van der Waals surface area (Å²) in [6, 6.07) is 40.0. The SMILES string of the molecule is Cc1nc2ccccc2n1-c1ccccc1-c1cc(-n2cnc3ccccc32)cc(-n2cnc3ccccc32)c1. The van der Waals surface area contributed by atoms with Crippen LogP contribution in [0.15, 0.2) is 128 Å². The molecule has 0 saturated carbocycles. The van der Waals surface area contributed by atoms with Gasteiger partial charge in [-0.3, -0.25) is 13.7 Å². The lowest BCUT2D eigenvalue weighted by molar-refractivity contribution is 1.00. The first kappa shape index (κ1) is 22.5. The molecular formula is C34H24N6. The molecule has 190 valence electrons. The maximum atomic E-state index is 4.85. The van der Waals surface area contributed by atoms with E-state index in [1.54, 1.807) is 0 Å². The largest absolute Gasteiger partial charge is 0.299 e. The summed E-state index contributed by atoms with van der Waals surface area (Å²) in [6.07, 6.45) is 3.80. The molecule has 8 rings (SSSR count). The highest BCUT2D eigenvalue weighted by Gasteiger charge is 2.16. The third-order valence-electron chi connectivity index (χ3n) is 7.55. The van der Waals surface area contributed by atoms with Gasteiger partial charge in [-0.15, -0.1) is 0 Å². The molecule has 0 aliphatic rings. The van der Waals surface area contributed by atoms with E-state index in [1.807, 2.05) is 43.0 Å². The van der Waals surface area contributed by atoms with Crippen LogP contribution in [0.2, 0.25) is 0 Å². The van der Waals surface area contributed by atoms with Crippen molar-refractivity contribution in [3.8, 4) is 28.2 Å². The van der Waals surface area contributed by atoms with Crippen molar-refractivity contribution in [3.63, 3.8) is 0 Å². The van der Waals surface area contributed by atoms with E-state index in [9.17, 15) is 0 Å². The molecule has 6 nitrogen and oxygen atoms in total. The number of fused-ring (bicyclic) bond motifs is 3. The van der Waals surface area contributed by atoms with Crippen LogP contribution in [0.25, 0.3) is 61.3 Å². The number of hydrogen-bond donors (Lipinski definition) is 0. The summed E-state index contributed by atoms with van der Waals surface area (Å²) in [5.41, 5.74) is 11.5. The van der Waals surface area contributed by atoms with Crippen molar-refractivity contribution in [1.82, 2.24) is 28.7 Å². The van der Waals surface area contributed by atoms with Crippen LogP contribution in [0.5, 0.6) is 0 Å². The molecule has 0 radical (unpaired) electrons. The molecule has 0 spiro atoms. The molecule has 5 aromatic carbocycles. The molecule has 0 fully saturated rings. The summed E-state index contributed by atoms with van der Waals surface area (Å²) in [7, 11) is 0. The first-order chi connectivity index (χ1) is 19.7. The Hall–Kier alpha value is -5.49. The van der Waals surface area contributed by atoms with Crippen molar-refractivity contribution in [2.75, 3.05) is 0 Å². The van der Waals surface area contributed by atoms with E-state index in [4.69, 9.17) is 4.98 Å². The number of aryl methyl sites for hydroxylation is 1. The lowest BCUT2D eigenvalue weighted by atomic mass is 10.0. The predicted octanol–water partition coefficient (Wildman–Crippen LogP) is 7.68. The van der Waals surface area contributed by atoms with Crippen LogP contribution in [0.1, 0.15) is 5.82 Å². The van der Waals surface area contributed by atoms with E-state index >= 15 is 0 Å². The summed E-state index contributed by atoms with van der Waals surface area (Å²) in [6.45, 7) is 2.06. The van der Waals surface area contributed by atoms with Gasteiger partial charge in [0, 0.05) is 16.9 Å². The molecule has 0 aliphatic carbocycles. The lowest BCUT2D eigenvalue weighted by Crippen LogP contribution is -2.02. The summed E-state index contributed by atoms with van der Waals surface area (Å²) >= 11 is 0. The molecule has 0 atom stereocenters. The molecule has 40 heavy (non-hydrogen) atoms. The molecule has 0 amide bonds. The van der Waals surface area contributed by atoms with Crippen molar-refractivity contribution in [3.05, 3.63) is 134 Å². The second kappa shape index (κ2) is 8.78. The molecule has 3 heterocycles. The topological polar surface area (TPSA) is 53.5 Å². The summed E-state index contributed by atoms with van der Waals surface area (Å²) in [4.78, 5) is 14.2. The van der Waals surface area contributed by atoms with Crippen molar-refractivity contribution in [2.24, 2.45) is 0 Å². The fourth-order valence-corrected chi connectivity index (χ4v) is 5.72. The van der Waals surface area contributed by atoms with E-state index < -0.39 is 0 Å². The fourth-order valence-electron chi connectivity index (χ4n) is 5.72. The molecule has 0 unspecified atom stereocenters. The van der Waals surface area contributed by atoms with Crippen molar-refractivity contribution >= 4 is 33.1 Å². The minimum absolute atomic E-state index is 0.950. The average molecular weight is 517 g/mol. The zero-order chi connectivity index (χ0) is 26.6. The van der Waals surface area contributed by atoms with Crippen LogP contribution in [0.4, 0.5) is 0 Å².